The van der Waals surface area contributed by atoms with Crippen molar-refractivity contribution in [2.24, 2.45) is 35.5 Å². The van der Waals surface area contributed by atoms with Crippen molar-refractivity contribution in [2.75, 3.05) is 14.2 Å². The largest absolute Gasteiger partial charge is 0.469 e. The lowest BCUT2D eigenvalue weighted by molar-refractivity contribution is -0.144. The number of carbonyl (C=O) groups is 2. The molecule has 5 nitrogen and oxygen atoms in total. The number of epoxide rings is 1. The number of carbonyl (C=O) groups excluding carboxylic acids is 2. The van der Waals surface area contributed by atoms with Crippen molar-refractivity contribution in [3.63, 3.8) is 0 Å². The fourth-order valence-electron chi connectivity index (χ4n) is 4.21. The first kappa shape index (κ1) is 9.88. The third-order valence-corrected chi connectivity index (χ3v) is 4.98. The van der Waals surface area contributed by atoms with Crippen molar-refractivity contribution in [1.82, 2.24) is 0 Å². The predicted molar refractivity (Wildman–Crippen MR) is 53.6 cm³/mol. The molecule has 0 aromatic rings. The lowest BCUT2D eigenvalue weighted by Gasteiger charge is -1.98. The number of hydrogen-bond donors (Lipinski definition) is 0. The summed E-state index contributed by atoms with van der Waals surface area (Å²) in [5.74, 6) is 0.794. The summed E-state index contributed by atoms with van der Waals surface area (Å²) in [4.78, 5) is 23.2. The Hall–Kier alpha value is -1.10. The normalized spacial score (nSPS) is 55.9. The Morgan fingerprint density at radius 2 is 1.24 bits per heavy atom. The third kappa shape index (κ3) is 1.04. The maximum absolute atomic E-state index is 11.6. The second-order valence-electron chi connectivity index (χ2n) is 5.47. The second-order valence-corrected chi connectivity index (χ2v) is 5.47. The summed E-state index contributed by atoms with van der Waals surface area (Å²) in [5.41, 5.74) is 0. The second kappa shape index (κ2) is 2.83. The lowest BCUT2D eigenvalue weighted by Crippen LogP contribution is -2.10. The number of fused-ring (bicyclic) bond motifs is 6. The number of methoxy groups -OCH3 is 2. The van der Waals surface area contributed by atoms with Crippen molar-refractivity contribution in [3.8, 4) is 0 Å². The SMILES string of the molecule is COC(=O)[C@@H]1[C@H]2[C@H]3[C@H](C(=O)OC)[C@H]3[C@@H]3O[C@@H]3[C@@H]12. The minimum absolute atomic E-state index is 0.0420. The van der Waals surface area contributed by atoms with Crippen LogP contribution < -0.4 is 0 Å². The number of ether oxygens (including phenoxy) is 3. The van der Waals surface area contributed by atoms with Gasteiger partial charge in [0.1, 0.15) is 0 Å². The van der Waals surface area contributed by atoms with Gasteiger partial charge in [-0.05, 0) is 11.8 Å². The van der Waals surface area contributed by atoms with E-state index >= 15 is 0 Å². The van der Waals surface area contributed by atoms with Crippen LogP contribution in [0, 0.1) is 35.5 Å². The van der Waals surface area contributed by atoms with E-state index in [9.17, 15) is 9.59 Å². The molecular formula is C12H14O5. The standard InChI is InChI=1S/C12H14O5/c1-15-11(13)7-3-4-6(8(4)12(14)16-2)10-9(17-10)5(3)7/h3-10H,1-2H3/t3-,4+,5+,6-,7+,8-,9+,10-. The summed E-state index contributed by atoms with van der Waals surface area (Å²) >= 11 is 0. The van der Waals surface area contributed by atoms with Gasteiger partial charge in [0.15, 0.2) is 0 Å². The molecule has 1 aliphatic heterocycles. The molecule has 8 atom stereocenters. The number of hydrogen-bond acceptors (Lipinski definition) is 5. The van der Waals surface area contributed by atoms with E-state index in [2.05, 4.69) is 0 Å². The molecule has 0 unspecified atom stereocenters. The molecule has 4 rings (SSSR count). The van der Waals surface area contributed by atoms with E-state index < -0.39 is 0 Å². The van der Waals surface area contributed by atoms with Crippen LogP contribution in [0.3, 0.4) is 0 Å². The molecule has 0 bridgehead atoms. The summed E-state index contributed by atoms with van der Waals surface area (Å²) in [5, 5.41) is 0. The zero-order valence-electron chi connectivity index (χ0n) is 9.66. The highest BCUT2D eigenvalue weighted by Crippen LogP contribution is 2.76. The molecule has 4 fully saturated rings. The van der Waals surface area contributed by atoms with Gasteiger partial charge in [0.05, 0.1) is 38.3 Å². The van der Waals surface area contributed by atoms with Gasteiger partial charge in [-0.2, -0.15) is 0 Å². The van der Waals surface area contributed by atoms with Crippen LogP contribution in [0.15, 0.2) is 0 Å². The van der Waals surface area contributed by atoms with Gasteiger partial charge in [-0.15, -0.1) is 0 Å². The van der Waals surface area contributed by atoms with E-state index in [1.807, 2.05) is 0 Å². The highest BCUT2D eigenvalue weighted by molar-refractivity contribution is 5.81. The van der Waals surface area contributed by atoms with Crippen LogP contribution >= 0.6 is 0 Å². The summed E-state index contributed by atoms with van der Waals surface area (Å²) in [6.07, 6.45) is 0.389. The van der Waals surface area contributed by atoms with Crippen LogP contribution in [0.2, 0.25) is 0 Å². The maximum atomic E-state index is 11.6. The quantitative estimate of drug-likeness (QED) is 0.494. The minimum atomic E-state index is -0.148. The molecule has 4 aliphatic rings. The van der Waals surface area contributed by atoms with E-state index in [1.165, 1.54) is 14.2 Å². The fourth-order valence-corrected chi connectivity index (χ4v) is 4.21. The molecular weight excluding hydrogens is 224 g/mol. The van der Waals surface area contributed by atoms with Crippen molar-refractivity contribution in [1.29, 1.82) is 0 Å². The minimum Gasteiger partial charge on any atom is -0.469 e. The Morgan fingerprint density at radius 1 is 0.824 bits per heavy atom. The van der Waals surface area contributed by atoms with Crippen molar-refractivity contribution >= 4 is 11.9 Å². The Morgan fingerprint density at radius 3 is 1.59 bits per heavy atom. The molecule has 92 valence electrons. The molecule has 0 spiro atoms. The van der Waals surface area contributed by atoms with Crippen molar-refractivity contribution in [3.05, 3.63) is 0 Å². The van der Waals surface area contributed by atoms with Crippen LogP contribution in [-0.4, -0.2) is 38.4 Å². The number of esters is 2. The molecule has 17 heavy (non-hydrogen) atoms. The highest BCUT2D eigenvalue weighted by Gasteiger charge is 2.83. The Labute approximate surface area is 98.4 Å². The molecule has 3 saturated carbocycles. The van der Waals surface area contributed by atoms with Crippen LogP contribution in [0.1, 0.15) is 0 Å². The Balaban J connectivity index is 1.58. The zero-order valence-corrected chi connectivity index (χ0v) is 9.66. The molecule has 1 heterocycles. The third-order valence-electron chi connectivity index (χ3n) is 4.98. The first-order valence-corrected chi connectivity index (χ1v) is 6.02. The first-order valence-electron chi connectivity index (χ1n) is 6.02. The predicted octanol–water partition coefficient (Wildman–Crippen LogP) is -0.162. The van der Waals surface area contributed by atoms with E-state index in [4.69, 9.17) is 14.2 Å². The number of rotatable bonds is 2. The summed E-state index contributed by atoms with van der Waals surface area (Å²) in [7, 11) is 2.83. The molecule has 0 aromatic carbocycles. The smallest absolute Gasteiger partial charge is 0.309 e. The van der Waals surface area contributed by atoms with Gasteiger partial charge in [0.2, 0.25) is 0 Å². The average molecular weight is 238 g/mol. The molecule has 3 aliphatic carbocycles. The van der Waals surface area contributed by atoms with Crippen LogP contribution in [0.5, 0.6) is 0 Å². The Kier molecular flexibility index (Phi) is 1.64. The van der Waals surface area contributed by atoms with Crippen LogP contribution in [0.4, 0.5) is 0 Å². The van der Waals surface area contributed by atoms with Gasteiger partial charge in [0.25, 0.3) is 0 Å². The molecule has 1 saturated heterocycles. The average Bonchev–Trinajstić information content (AvgIpc) is 3.18. The van der Waals surface area contributed by atoms with Gasteiger partial charge < -0.3 is 14.2 Å². The summed E-state index contributed by atoms with van der Waals surface area (Å²) in [6.45, 7) is 0. The Bertz CT molecular complexity index is 381. The molecule has 0 radical (unpaired) electrons. The van der Waals surface area contributed by atoms with Gasteiger partial charge >= 0.3 is 11.9 Å². The molecule has 0 N–H and O–H groups in total. The zero-order chi connectivity index (χ0) is 11.9. The first-order chi connectivity index (χ1) is 8.20. The molecule has 5 heteroatoms. The van der Waals surface area contributed by atoms with E-state index in [0.29, 0.717) is 23.7 Å². The van der Waals surface area contributed by atoms with Crippen molar-refractivity contribution < 1.29 is 23.8 Å². The van der Waals surface area contributed by atoms with E-state index in [0.717, 1.165) is 0 Å². The summed E-state index contributed by atoms with van der Waals surface area (Å²) in [6, 6.07) is 0. The molecule has 0 amide bonds. The van der Waals surface area contributed by atoms with Gasteiger partial charge in [0, 0.05) is 11.8 Å². The monoisotopic (exact) mass is 238 g/mol. The van der Waals surface area contributed by atoms with Gasteiger partial charge in [-0.25, -0.2) is 0 Å². The van der Waals surface area contributed by atoms with Gasteiger partial charge in [-0.3, -0.25) is 9.59 Å². The maximum Gasteiger partial charge on any atom is 0.309 e. The fraction of sp³-hybridized carbons (Fsp3) is 0.833. The van der Waals surface area contributed by atoms with Crippen LogP contribution in [-0.2, 0) is 23.8 Å². The van der Waals surface area contributed by atoms with E-state index in [1.54, 1.807) is 0 Å². The lowest BCUT2D eigenvalue weighted by atomic mass is 10.0. The van der Waals surface area contributed by atoms with Crippen molar-refractivity contribution in [2.45, 2.75) is 12.2 Å². The molecule has 0 aromatic heterocycles. The van der Waals surface area contributed by atoms with Gasteiger partial charge in [-0.1, -0.05) is 0 Å². The topological polar surface area (TPSA) is 65.1 Å². The highest BCUT2D eigenvalue weighted by atomic mass is 16.6. The van der Waals surface area contributed by atoms with E-state index in [-0.39, 0.29) is 36.0 Å². The van der Waals surface area contributed by atoms with Crippen LogP contribution in [0.25, 0.3) is 0 Å². The summed E-state index contributed by atoms with van der Waals surface area (Å²) < 4.78 is 15.2.